The van der Waals surface area contributed by atoms with Crippen LogP contribution in [-0.2, 0) is 9.84 Å². The van der Waals surface area contributed by atoms with Crippen LogP contribution < -0.4 is 5.73 Å². The summed E-state index contributed by atoms with van der Waals surface area (Å²) in [7, 11) is -3.52. The van der Waals surface area contributed by atoms with Gasteiger partial charge in [-0.25, -0.2) is 13.4 Å². The number of nitrogens with two attached hydrogens (primary N) is 1. The maximum absolute atomic E-state index is 12.0. The number of nitrogen functional groups attached to an aromatic ring is 1. The van der Waals surface area contributed by atoms with Crippen molar-refractivity contribution in [2.75, 3.05) is 11.5 Å². The zero-order chi connectivity index (χ0) is 13.1. The Balaban J connectivity index is 2.92. The maximum Gasteiger partial charge on any atom is 0.197 e. The number of sulfone groups is 1. The number of hydrogen-bond donors (Lipinski definition) is 1. The Labute approximate surface area is 101 Å². The molecule has 0 spiro atoms. The summed E-state index contributed by atoms with van der Waals surface area (Å²) >= 11 is 0. The number of nitriles is 1. The molecule has 1 aromatic heterocycles. The van der Waals surface area contributed by atoms with Gasteiger partial charge in [-0.3, -0.25) is 0 Å². The van der Waals surface area contributed by atoms with Crippen LogP contribution in [0.3, 0.4) is 0 Å². The Hall–Kier alpha value is -1.61. The van der Waals surface area contributed by atoms with Gasteiger partial charge in [0.2, 0.25) is 0 Å². The molecule has 0 aliphatic rings. The summed E-state index contributed by atoms with van der Waals surface area (Å²) in [4.78, 5) is 3.78. The smallest absolute Gasteiger partial charge is 0.197 e. The largest absolute Gasteiger partial charge is 0.396 e. The molecule has 1 aromatic rings. The fraction of sp³-hybridized carbons (Fsp3) is 0.455. The molecule has 1 heterocycles. The van der Waals surface area contributed by atoms with Crippen LogP contribution in [0.15, 0.2) is 23.4 Å². The first-order chi connectivity index (χ1) is 7.78. The molecule has 5 nitrogen and oxygen atoms in total. The van der Waals surface area contributed by atoms with Gasteiger partial charge in [0.1, 0.15) is 0 Å². The van der Waals surface area contributed by atoms with Crippen molar-refractivity contribution in [2.24, 2.45) is 5.41 Å². The summed E-state index contributed by atoms with van der Waals surface area (Å²) in [6.07, 6.45) is 1.64. The molecular formula is C11H15N3O2S. The van der Waals surface area contributed by atoms with Gasteiger partial charge in [0.05, 0.1) is 22.9 Å². The van der Waals surface area contributed by atoms with Crippen molar-refractivity contribution in [3.05, 3.63) is 18.3 Å². The highest BCUT2D eigenvalue weighted by Crippen LogP contribution is 2.23. The van der Waals surface area contributed by atoms with E-state index in [0.29, 0.717) is 0 Å². The molecule has 0 unspecified atom stereocenters. The standard InChI is InChI=1S/C11H15N3O2S/c1-11(2,8-12)5-7-17(15,16)10-9(13)4-3-6-14-10/h3-4,6H,5,7,13H2,1-2H3. The van der Waals surface area contributed by atoms with Crippen molar-refractivity contribution in [1.29, 1.82) is 5.26 Å². The fourth-order valence-corrected chi connectivity index (χ4v) is 2.83. The zero-order valence-electron chi connectivity index (χ0n) is 9.84. The van der Waals surface area contributed by atoms with E-state index < -0.39 is 15.3 Å². The Morgan fingerprint density at radius 1 is 1.53 bits per heavy atom. The van der Waals surface area contributed by atoms with E-state index >= 15 is 0 Å². The third kappa shape index (κ3) is 3.43. The van der Waals surface area contributed by atoms with Crippen LogP contribution in [0.2, 0.25) is 0 Å². The van der Waals surface area contributed by atoms with E-state index in [1.807, 2.05) is 0 Å². The highest BCUT2D eigenvalue weighted by atomic mass is 32.2. The summed E-state index contributed by atoms with van der Waals surface area (Å²) in [6.45, 7) is 3.40. The second-order valence-corrected chi connectivity index (χ2v) is 6.49. The molecule has 92 valence electrons. The summed E-state index contributed by atoms with van der Waals surface area (Å²) in [5, 5.41) is 8.73. The summed E-state index contributed by atoms with van der Waals surface area (Å²) in [5.41, 5.74) is 5.04. The fourth-order valence-electron chi connectivity index (χ4n) is 1.21. The predicted molar refractivity (Wildman–Crippen MR) is 64.7 cm³/mol. The maximum atomic E-state index is 12.0. The minimum absolute atomic E-state index is 0.103. The van der Waals surface area contributed by atoms with Gasteiger partial charge >= 0.3 is 0 Å². The Bertz CT molecular complexity index is 544. The molecule has 0 saturated carbocycles. The van der Waals surface area contributed by atoms with Gasteiger partial charge in [0.15, 0.2) is 14.9 Å². The molecule has 1 rings (SSSR count). The van der Waals surface area contributed by atoms with Gasteiger partial charge in [-0.1, -0.05) is 0 Å². The van der Waals surface area contributed by atoms with Crippen molar-refractivity contribution in [2.45, 2.75) is 25.3 Å². The normalized spacial score (nSPS) is 12.1. The molecule has 6 heteroatoms. The van der Waals surface area contributed by atoms with Crippen LogP contribution >= 0.6 is 0 Å². The van der Waals surface area contributed by atoms with Gasteiger partial charge in [0, 0.05) is 6.20 Å². The number of aromatic nitrogens is 1. The van der Waals surface area contributed by atoms with E-state index in [0.717, 1.165) is 0 Å². The van der Waals surface area contributed by atoms with Crippen LogP contribution in [0.4, 0.5) is 5.69 Å². The number of rotatable bonds is 4. The van der Waals surface area contributed by atoms with E-state index in [9.17, 15) is 8.42 Å². The molecule has 0 amide bonds. The van der Waals surface area contributed by atoms with E-state index in [1.165, 1.54) is 12.3 Å². The van der Waals surface area contributed by atoms with Crippen LogP contribution in [0.25, 0.3) is 0 Å². The van der Waals surface area contributed by atoms with Gasteiger partial charge in [-0.05, 0) is 32.4 Å². The lowest BCUT2D eigenvalue weighted by atomic mass is 9.93. The number of nitrogens with zero attached hydrogens (tertiary/aromatic N) is 2. The molecule has 0 radical (unpaired) electrons. The monoisotopic (exact) mass is 253 g/mol. The molecular weight excluding hydrogens is 238 g/mol. The van der Waals surface area contributed by atoms with Gasteiger partial charge in [0.25, 0.3) is 0 Å². The molecule has 0 aliphatic carbocycles. The van der Waals surface area contributed by atoms with Crippen molar-refractivity contribution in [3.63, 3.8) is 0 Å². The topological polar surface area (TPSA) is 96.8 Å². The van der Waals surface area contributed by atoms with Crippen molar-refractivity contribution in [1.82, 2.24) is 4.98 Å². The van der Waals surface area contributed by atoms with E-state index in [-0.39, 0.29) is 22.9 Å². The van der Waals surface area contributed by atoms with Crippen LogP contribution in [0.1, 0.15) is 20.3 Å². The number of pyridine rings is 1. The molecule has 0 bridgehead atoms. The van der Waals surface area contributed by atoms with Crippen molar-refractivity contribution < 1.29 is 8.42 Å². The lowest BCUT2D eigenvalue weighted by Gasteiger charge is -2.14. The molecule has 0 aromatic carbocycles. The minimum atomic E-state index is -3.52. The lowest BCUT2D eigenvalue weighted by molar-refractivity contribution is 0.473. The van der Waals surface area contributed by atoms with Gasteiger partial charge in [-0.15, -0.1) is 0 Å². The first-order valence-electron chi connectivity index (χ1n) is 5.13. The molecule has 0 aliphatic heterocycles. The Morgan fingerprint density at radius 3 is 2.71 bits per heavy atom. The highest BCUT2D eigenvalue weighted by molar-refractivity contribution is 7.91. The van der Waals surface area contributed by atoms with Crippen LogP contribution in [0, 0.1) is 16.7 Å². The molecule has 0 fully saturated rings. The molecule has 0 atom stereocenters. The first-order valence-corrected chi connectivity index (χ1v) is 6.78. The average Bonchev–Trinajstić information content (AvgIpc) is 2.27. The average molecular weight is 253 g/mol. The van der Waals surface area contributed by atoms with Crippen LogP contribution in [0.5, 0.6) is 0 Å². The molecule has 0 saturated heterocycles. The van der Waals surface area contributed by atoms with E-state index in [4.69, 9.17) is 11.0 Å². The van der Waals surface area contributed by atoms with Gasteiger partial charge < -0.3 is 5.73 Å². The van der Waals surface area contributed by atoms with E-state index in [1.54, 1.807) is 19.9 Å². The highest BCUT2D eigenvalue weighted by Gasteiger charge is 2.24. The van der Waals surface area contributed by atoms with Gasteiger partial charge in [-0.2, -0.15) is 5.26 Å². The second kappa shape index (κ2) is 4.72. The molecule has 17 heavy (non-hydrogen) atoms. The summed E-state index contributed by atoms with van der Waals surface area (Å²) in [5.74, 6) is -0.130. The summed E-state index contributed by atoms with van der Waals surface area (Å²) < 4.78 is 23.9. The minimum Gasteiger partial charge on any atom is -0.396 e. The van der Waals surface area contributed by atoms with Crippen molar-refractivity contribution >= 4 is 15.5 Å². The third-order valence-corrected chi connectivity index (χ3v) is 4.07. The predicted octanol–water partition coefficient (Wildman–Crippen LogP) is 1.38. The third-order valence-electron chi connectivity index (χ3n) is 2.39. The quantitative estimate of drug-likeness (QED) is 0.874. The first kappa shape index (κ1) is 13.5. The Morgan fingerprint density at radius 2 is 2.18 bits per heavy atom. The number of hydrogen-bond acceptors (Lipinski definition) is 5. The second-order valence-electron chi connectivity index (χ2n) is 4.46. The number of anilines is 1. The van der Waals surface area contributed by atoms with Crippen molar-refractivity contribution in [3.8, 4) is 6.07 Å². The summed E-state index contributed by atoms with van der Waals surface area (Å²) in [6, 6.07) is 5.14. The zero-order valence-corrected chi connectivity index (χ0v) is 10.7. The SMILES string of the molecule is CC(C)(C#N)CCS(=O)(=O)c1ncccc1N. The molecule has 2 N–H and O–H groups in total. The lowest BCUT2D eigenvalue weighted by Crippen LogP contribution is -2.18. The van der Waals surface area contributed by atoms with E-state index in [2.05, 4.69) is 11.1 Å². The van der Waals surface area contributed by atoms with Crippen LogP contribution in [-0.4, -0.2) is 19.2 Å². The Kier molecular flexibility index (Phi) is 3.73.